The van der Waals surface area contributed by atoms with Crippen molar-refractivity contribution in [2.24, 2.45) is 0 Å². The molecule has 2 fully saturated rings. The molecule has 0 aromatic heterocycles. The Balaban J connectivity index is 1.56. The van der Waals surface area contributed by atoms with Crippen LogP contribution in [0.15, 0.2) is 24.3 Å². The van der Waals surface area contributed by atoms with E-state index in [9.17, 15) is 30.3 Å². The minimum atomic E-state index is -1.55. The summed E-state index contributed by atoms with van der Waals surface area (Å²) in [5.74, 6) is 0.338. The summed E-state index contributed by atoms with van der Waals surface area (Å²) in [6.45, 7) is 0.466. The molecule has 0 aliphatic carbocycles. The number of aliphatic hydroxyl groups excluding tert-OH is 5. The third-order valence-electron chi connectivity index (χ3n) is 5.21. The molecule has 0 spiro atoms. The van der Waals surface area contributed by atoms with E-state index in [0.29, 0.717) is 24.3 Å². The van der Waals surface area contributed by atoms with Gasteiger partial charge in [-0.1, -0.05) is 0 Å². The number of anilines is 1. The largest absolute Gasteiger partial charge is 0.465 e. The molecule has 0 radical (unpaired) electrons. The van der Waals surface area contributed by atoms with Crippen molar-refractivity contribution < 1.29 is 49.3 Å². The number of ether oxygens (including phenoxy) is 4. The zero-order valence-corrected chi connectivity index (χ0v) is 17.0. The maximum Gasteiger partial charge on any atom is 0.221 e. The quantitative estimate of drug-likeness (QED) is 0.298. The lowest BCUT2D eigenvalue weighted by Crippen LogP contribution is -2.60. The number of carbonyl (C=O) groups is 1. The van der Waals surface area contributed by atoms with Crippen LogP contribution in [0, 0.1) is 0 Å². The summed E-state index contributed by atoms with van der Waals surface area (Å²) in [5.41, 5.74) is 0.630. The Morgan fingerprint density at radius 3 is 2.29 bits per heavy atom. The minimum Gasteiger partial charge on any atom is -0.465 e. The minimum absolute atomic E-state index is 0.180. The van der Waals surface area contributed by atoms with Crippen LogP contribution >= 0.6 is 0 Å². The van der Waals surface area contributed by atoms with Crippen LogP contribution in [-0.2, 0) is 19.0 Å². The lowest BCUT2D eigenvalue weighted by Gasteiger charge is -2.43. The van der Waals surface area contributed by atoms with Crippen molar-refractivity contribution in [3.63, 3.8) is 0 Å². The second kappa shape index (κ2) is 10.7. The number of benzene rings is 1. The first-order valence-corrected chi connectivity index (χ1v) is 10.1. The molecule has 1 aromatic rings. The second-order valence-electron chi connectivity index (χ2n) is 7.56. The number of amides is 1. The molecule has 11 heteroatoms. The average Bonchev–Trinajstić information content (AvgIpc) is 2.76. The van der Waals surface area contributed by atoms with Crippen molar-refractivity contribution in [2.75, 3.05) is 18.5 Å². The van der Waals surface area contributed by atoms with E-state index in [1.54, 1.807) is 24.3 Å². The zero-order valence-electron chi connectivity index (χ0n) is 17.0. The predicted molar refractivity (Wildman–Crippen MR) is 105 cm³/mol. The van der Waals surface area contributed by atoms with Gasteiger partial charge in [-0.15, -0.1) is 0 Å². The highest BCUT2D eigenvalue weighted by molar-refractivity contribution is 5.88. The number of carbonyl (C=O) groups excluding carboxylic acids is 1. The van der Waals surface area contributed by atoms with Crippen LogP contribution in [-0.4, -0.2) is 93.9 Å². The zero-order chi connectivity index (χ0) is 22.5. The first kappa shape index (κ1) is 23.8. The van der Waals surface area contributed by atoms with Gasteiger partial charge < -0.3 is 49.8 Å². The fraction of sp³-hybridized carbons (Fsp3) is 0.650. The summed E-state index contributed by atoms with van der Waals surface area (Å²) in [6.07, 6.45) is -8.27. The van der Waals surface area contributed by atoms with Gasteiger partial charge in [-0.2, -0.15) is 0 Å². The molecule has 6 N–H and O–H groups in total. The normalized spacial score (nSPS) is 36.1. The average molecular weight is 443 g/mol. The molecule has 11 nitrogen and oxygen atoms in total. The molecule has 0 saturated carbocycles. The van der Waals surface area contributed by atoms with Gasteiger partial charge in [0.1, 0.15) is 36.3 Å². The number of hydrogen-bond donors (Lipinski definition) is 6. The monoisotopic (exact) mass is 443 g/mol. The molecule has 8 atom stereocenters. The van der Waals surface area contributed by atoms with Crippen molar-refractivity contribution in [2.45, 2.75) is 69.0 Å². The Kier molecular flexibility index (Phi) is 8.19. The molecular formula is C20H29NO10. The van der Waals surface area contributed by atoms with Gasteiger partial charge in [0.05, 0.1) is 19.3 Å². The van der Waals surface area contributed by atoms with Crippen molar-refractivity contribution in [1.82, 2.24) is 0 Å². The molecule has 31 heavy (non-hydrogen) atoms. The predicted octanol–water partition coefficient (Wildman–Crippen LogP) is -1.29. The molecule has 2 aliphatic heterocycles. The van der Waals surface area contributed by atoms with Crippen LogP contribution in [0.2, 0.25) is 0 Å². The Labute approximate surface area is 179 Å². The fourth-order valence-corrected chi connectivity index (χ4v) is 3.56. The molecule has 2 heterocycles. The lowest BCUT2D eigenvalue weighted by molar-refractivity contribution is -0.329. The number of aliphatic hydroxyl groups is 5. The van der Waals surface area contributed by atoms with Gasteiger partial charge in [0.15, 0.2) is 12.6 Å². The molecule has 174 valence electrons. The van der Waals surface area contributed by atoms with Crippen LogP contribution < -0.4 is 10.1 Å². The summed E-state index contributed by atoms with van der Waals surface area (Å²) >= 11 is 0. The summed E-state index contributed by atoms with van der Waals surface area (Å²) in [6, 6.07) is 6.74. The molecule has 0 bridgehead atoms. The van der Waals surface area contributed by atoms with E-state index in [4.69, 9.17) is 18.9 Å². The summed E-state index contributed by atoms with van der Waals surface area (Å²) in [4.78, 5) is 11.1. The number of rotatable bonds is 7. The van der Waals surface area contributed by atoms with Gasteiger partial charge >= 0.3 is 0 Å². The third-order valence-corrected chi connectivity index (χ3v) is 5.21. The number of nitrogens with one attached hydrogen (secondary N) is 1. The molecular weight excluding hydrogens is 414 g/mol. The molecule has 3 rings (SSSR count). The molecule has 2 saturated heterocycles. The van der Waals surface area contributed by atoms with Gasteiger partial charge in [0.25, 0.3) is 0 Å². The van der Waals surface area contributed by atoms with E-state index < -0.39 is 55.8 Å². The van der Waals surface area contributed by atoms with Crippen molar-refractivity contribution >= 4 is 11.6 Å². The molecule has 1 amide bonds. The van der Waals surface area contributed by atoms with Crippen LogP contribution in [0.3, 0.4) is 0 Å². The highest BCUT2D eigenvalue weighted by Crippen LogP contribution is 2.29. The van der Waals surface area contributed by atoms with E-state index in [1.807, 2.05) is 0 Å². The molecule has 1 unspecified atom stereocenters. The van der Waals surface area contributed by atoms with Crippen LogP contribution in [0.1, 0.15) is 19.8 Å². The Morgan fingerprint density at radius 1 is 1.00 bits per heavy atom. The highest BCUT2D eigenvalue weighted by atomic mass is 16.7. The lowest BCUT2D eigenvalue weighted by atomic mass is 9.99. The number of hydrogen-bond acceptors (Lipinski definition) is 10. The van der Waals surface area contributed by atoms with E-state index in [1.165, 1.54) is 6.92 Å². The van der Waals surface area contributed by atoms with Gasteiger partial charge in [-0.25, -0.2) is 0 Å². The van der Waals surface area contributed by atoms with Gasteiger partial charge in [0, 0.05) is 19.0 Å². The standard InChI is InChI=1S/C20H29NO10/c1-10(24)21-11-2-4-12(5-3-11)28-16-7-6-13(14(8-22)29-16)30-20-19(27)18(26)17(25)15(9-23)31-20/h2-5,13-20,22-23,25-27H,6-9H2,1H3,(H,21,24)/t13-,14+,15?,16-,17-,18-,19+,20+/m0/s1. The first-order chi connectivity index (χ1) is 14.8. The maximum atomic E-state index is 11.1. The first-order valence-electron chi connectivity index (χ1n) is 10.1. The third kappa shape index (κ3) is 5.90. The van der Waals surface area contributed by atoms with Crippen molar-refractivity contribution in [3.8, 4) is 5.75 Å². The summed E-state index contributed by atoms with van der Waals surface area (Å²) in [5, 5.41) is 51.6. The Morgan fingerprint density at radius 2 is 1.68 bits per heavy atom. The summed E-state index contributed by atoms with van der Waals surface area (Å²) < 4.78 is 22.6. The fourth-order valence-electron chi connectivity index (χ4n) is 3.56. The van der Waals surface area contributed by atoms with E-state index in [2.05, 4.69) is 5.32 Å². The second-order valence-corrected chi connectivity index (χ2v) is 7.56. The Hall–Kier alpha value is -1.83. The van der Waals surface area contributed by atoms with Crippen LogP contribution in [0.5, 0.6) is 5.75 Å². The topological polar surface area (TPSA) is 167 Å². The SMILES string of the molecule is CC(=O)Nc1ccc(O[C@@H]2CC[C@H](O[C@@H]3OC(CO)[C@H](O)[C@H](O)[C@H]3O)[C@@H](CO)O2)cc1. The van der Waals surface area contributed by atoms with Crippen molar-refractivity contribution in [1.29, 1.82) is 0 Å². The molecule has 2 aliphatic rings. The van der Waals surface area contributed by atoms with E-state index in [-0.39, 0.29) is 12.5 Å². The van der Waals surface area contributed by atoms with Crippen LogP contribution in [0.4, 0.5) is 5.69 Å². The smallest absolute Gasteiger partial charge is 0.221 e. The van der Waals surface area contributed by atoms with Gasteiger partial charge in [0.2, 0.25) is 5.91 Å². The van der Waals surface area contributed by atoms with E-state index >= 15 is 0 Å². The van der Waals surface area contributed by atoms with Gasteiger partial charge in [-0.3, -0.25) is 4.79 Å². The maximum absolute atomic E-state index is 11.1. The van der Waals surface area contributed by atoms with Gasteiger partial charge in [-0.05, 0) is 30.7 Å². The van der Waals surface area contributed by atoms with Crippen molar-refractivity contribution in [3.05, 3.63) is 24.3 Å². The molecule has 1 aromatic carbocycles. The Bertz CT molecular complexity index is 714. The summed E-state index contributed by atoms with van der Waals surface area (Å²) in [7, 11) is 0. The van der Waals surface area contributed by atoms with Crippen LogP contribution in [0.25, 0.3) is 0 Å². The van der Waals surface area contributed by atoms with E-state index in [0.717, 1.165) is 0 Å². The highest BCUT2D eigenvalue weighted by Gasteiger charge is 2.46.